The molecule has 90 valence electrons. The first-order valence-electron chi connectivity index (χ1n) is 6.10. The van der Waals surface area contributed by atoms with Crippen molar-refractivity contribution in [3.8, 4) is 11.3 Å². The van der Waals surface area contributed by atoms with Gasteiger partial charge in [-0.2, -0.15) is 0 Å². The summed E-state index contributed by atoms with van der Waals surface area (Å²) < 4.78 is 5.61. The van der Waals surface area contributed by atoms with E-state index >= 15 is 0 Å². The normalized spacial score (nSPS) is 11.8. The van der Waals surface area contributed by atoms with Crippen LogP contribution in [0, 0.1) is 12.3 Å². The Balaban J connectivity index is 2.19. The Kier molecular flexibility index (Phi) is 3.10. The monoisotopic (exact) mass is 228 g/mol. The van der Waals surface area contributed by atoms with Crippen LogP contribution in [-0.4, -0.2) is 0 Å². The smallest absolute Gasteiger partial charge is 0.134 e. The summed E-state index contributed by atoms with van der Waals surface area (Å²) in [5.74, 6) is 1.91. The van der Waals surface area contributed by atoms with Crippen LogP contribution in [0.4, 0.5) is 0 Å². The SMILES string of the molecule is Cc1ccc(-c2ccc(CC(C)(C)C)cc2)o1. The lowest BCUT2D eigenvalue weighted by molar-refractivity contribution is 0.411. The van der Waals surface area contributed by atoms with Crippen molar-refractivity contribution in [3.05, 3.63) is 47.7 Å². The molecule has 0 N–H and O–H groups in total. The van der Waals surface area contributed by atoms with E-state index < -0.39 is 0 Å². The van der Waals surface area contributed by atoms with Crippen molar-refractivity contribution in [2.45, 2.75) is 34.1 Å². The van der Waals surface area contributed by atoms with Crippen molar-refractivity contribution < 1.29 is 4.42 Å². The summed E-state index contributed by atoms with van der Waals surface area (Å²) in [4.78, 5) is 0. The van der Waals surface area contributed by atoms with Crippen LogP contribution in [0.1, 0.15) is 32.1 Å². The molecule has 0 aliphatic rings. The highest BCUT2D eigenvalue weighted by atomic mass is 16.3. The highest BCUT2D eigenvalue weighted by Crippen LogP contribution is 2.25. The highest BCUT2D eigenvalue weighted by Gasteiger charge is 2.11. The van der Waals surface area contributed by atoms with Crippen molar-refractivity contribution in [1.29, 1.82) is 0 Å². The minimum atomic E-state index is 0.336. The van der Waals surface area contributed by atoms with E-state index in [1.807, 2.05) is 19.1 Å². The van der Waals surface area contributed by atoms with E-state index in [1.165, 1.54) is 5.56 Å². The molecule has 0 bridgehead atoms. The summed E-state index contributed by atoms with van der Waals surface area (Å²) >= 11 is 0. The summed E-state index contributed by atoms with van der Waals surface area (Å²) in [5, 5.41) is 0. The van der Waals surface area contributed by atoms with Gasteiger partial charge in [0.15, 0.2) is 0 Å². The lowest BCUT2D eigenvalue weighted by Crippen LogP contribution is -2.08. The Morgan fingerprint density at radius 3 is 2.06 bits per heavy atom. The van der Waals surface area contributed by atoms with Crippen LogP contribution in [0.15, 0.2) is 40.8 Å². The molecule has 0 amide bonds. The van der Waals surface area contributed by atoms with Crippen LogP contribution < -0.4 is 0 Å². The van der Waals surface area contributed by atoms with E-state index in [2.05, 4.69) is 45.0 Å². The molecule has 0 unspecified atom stereocenters. The Morgan fingerprint density at radius 2 is 1.59 bits per heavy atom. The molecular formula is C16H20O. The Morgan fingerprint density at radius 1 is 0.941 bits per heavy atom. The van der Waals surface area contributed by atoms with Crippen LogP contribution >= 0.6 is 0 Å². The van der Waals surface area contributed by atoms with Crippen LogP contribution in [-0.2, 0) is 6.42 Å². The molecule has 1 heteroatoms. The van der Waals surface area contributed by atoms with Crippen molar-refractivity contribution in [1.82, 2.24) is 0 Å². The number of hydrogen-bond donors (Lipinski definition) is 0. The van der Waals surface area contributed by atoms with Crippen molar-refractivity contribution in [2.75, 3.05) is 0 Å². The standard InChI is InChI=1S/C16H20O/c1-12-5-10-15(17-12)14-8-6-13(7-9-14)11-16(2,3)4/h5-10H,11H2,1-4H3. The zero-order chi connectivity index (χ0) is 12.5. The van der Waals surface area contributed by atoms with Gasteiger partial charge in [0.05, 0.1) is 0 Å². The third-order valence-electron chi connectivity index (χ3n) is 2.71. The minimum Gasteiger partial charge on any atom is -0.461 e. The molecular weight excluding hydrogens is 208 g/mol. The third kappa shape index (κ3) is 3.23. The molecule has 2 aromatic rings. The Hall–Kier alpha value is -1.50. The van der Waals surface area contributed by atoms with Gasteiger partial charge in [0.25, 0.3) is 0 Å². The molecule has 2 rings (SSSR count). The van der Waals surface area contributed by atoms with Gasteiger partial charge in [-0.25, -0.2) is 0 Å². The predicted molar refractivity (Wildman–Crippen MR) is 72.0 cm³/mol. The average molecular weight is 228 g/mol. The highest BCUT2D eigenvalue weighted by molar-refractivity contribution is 5.57. The topological polar surface area (TPSA) is 13.1 Å². The van der Waals surface area contributed by atoms with E-state index in [9.17, 15) is 0 Å². The lowest BCUT2D eigenvalue weighted by atomic mass is 9.88. The Labute approximate surface area is 103 Å². The van der Waals surface area contributed by atoms with Gasteiger partial charge in [-0.3, -0.25) is 0 Å². The molecule has 0 fully saturated rings. The molecule has 1 aromatic heterocycles. The number of rotatable bonds is 2. The maximum atomic E-state index is 5.61. The maximum Gasteiger partial charge on any atom is 0.134 e. The van der Waals surface area contributed by atoms with Crippen LogP contribution in [0.25, 0.3) is 11.3 Å². The fraction of sp³-hybridized carbons (Fsp3) is 0.375. The van der Waals surface area contributed by atoms with Crippen molar-refractivity contribution >= 4 is 0 Å². The molecule has 0 saturated carbocycles. The summed E-state index contributed by atoms with van der Waals surface area (Å²) in [5.41, 5.74) is 2.86. The molecule has 0 aliphatic carbocycles. The second-order valence-electron chi connectivity index (χ2n) is 5.84. The summed E-state index contributed by atoms with van der Waals surface area (Å²) in [6.45, 7) is 8.75. The fourth-order valence-electron chi connectivity index (χ4n) is 1.99. The predicted octanol–water partition coefficient (Wildman–Crippen LogP) is 4.84. The van der Waals surface area contributed by atoms with Gasteiger partial charge >= 0.3 is 0 Å². The van der Waals surface area contributed by atoms with Crippen LogP contribution in [0.5, 0.6) is 0 Å². The van der Waals surface area contributed by atoms with E-state index in [0.717, 1.165) is 23.5 Å². The van der Waals surface area contributed by atoms with Gasteiger partial charge in [0.1, 0.15) is 11.5 Å². The van der Waals surface area contributed by atoms with Crippen LogP contribution in [0.2, 0.25) is 0 Å². The third-order valence-corrected chi connectivity index (χ3v) is 2.71. The molecule has 1 aromatic carbocycles. The van der Waals surface area contributed by atoms with Gasteiger partial charge in [0, 0.05) is 5.56 Å². The number of hydrogen-bond acceptors (Lipinski definition) is 1. The molecule has 1 nitrogen and oxygen atoms in total. The zero-order valence-electron chi connectivity index (χ0n) is 11.1. The van der Waals surface area contributed by atoms with E-state index in [0.29, 0.717) is 5.41 Å². The molecule has 0 atom stereocenters. The van der Waals surface area contributed by atoms with Gasteiger partial charge in [-0.1, -0.05) is 45.0 Å². The maximum absolute atomic E-state index is 5.61. The van der Waals surface area contributed by atoms with Gasteiger partial charge in [-0.05, 0) is 36.5 Å². The zero-order valence-corrected chi connectivity index (χ0v) is 11.1. The van der Waals surface area contributed by atoms with Crippen LogP contribution in [0.3, 0.4) is 0 Å². The quantitative estimate of drug-likeness (QED) is 0.716. The molecule has 0 spiro atoms. The second-order valence-corrected chi connectivity index (χ2v) is 5.84. The lowest BCUT2D eigenvalue weighted by Gasteiger charge is -2.18. The molecule has 17 heavy (non-hydrogen) atoms. The number of benzene rings is 1. The molecule has 0 aliphatic heterocycles. The minimum absolute atomic E-state index is 0.336. The second kappa shape index (κ2) is 4.40. The summed E-state index contributed by atoms with van der Waals surface area (Å²) in [6, 6.07) is 12.7. The van der Waals surface area contributed by atoms with E-state index in [4.69, 9.17) is 4.42 Å². The summed E-state index contributed by atoms with van der Waals surface area (Å²) in [6.07, 6.45) is 1.10. The largest absolute Gasteiger partial charge is 0.461 e. The first kappa shape index (κ1) is 12.0. The van der Waals surface area contributed by atoms with Gasteiger partial charge in [-0.15, -0.1) is 0 Å². The van der Waals surface area contributed by atoms with Gasteiger partial charge < -0.3 is 4.42 Å². The summed E-state index contributed by atoms with van der Waals surface area (Å²) in [7, 11) is 0. The number of furan rings is 1. The molecule has 0 saturated heterocycles. The van der Waals surface area contributed by atoms with E-state index in [-0.39, 0.29) is 0 Å². The first-order valence-corrected chi connectivity index (χ1v) is 6.10. The first-order chi connectivity index (χ1) is 7.94. The molecule has 0 radical (unpaired) electrons. The van der Waals surface area contributed by atoms with Gasteiger partial charge in [0.2, 0.25) is 0 Å². The van der Waals surface area contributed by atoms with E-state index in [1.54, 1.807) is 0 Å². The Bertz CT molecular complexity index is 483. The van der Waals surface area contributed by atoms with Crippen molar-refractivity contribution in [3.63, 3.8) is 0 Å². The molecule has 1 heterocycles. The fourth-order valence-corrected chi connectivity index (χ4v) is 1.99. The number of aryl methyl sites for hydroxylation is 1. The van der Waals surface area contributed by atoms with Crippen molar-refractivity contribution in [2.24, 2.45) is 5.41 Å². The average Bonchev–Trinajstić information content (AvgIpc) is 2.63.